The first kappa shape index (κ1) is 20.6. The molecule has 0 aromatic heterocycles. The predicted octanol–water partition coefficient (Wildman–Crippen LogP) is -2.01. The molecule has 6 heteroatoms. The van der Waals surface area contributed by atoms with Crippen molar-refractivity contribution < 1.29 is 41.9 Å². The van der Waals surface area contributed by atoms with Crippen LogP contribution in [0.25, 0.3) is 0 Å². The maximum absolute atomic E-state index is 13.2. The molecule has 20 heavy (non-hydrogen) atoms. The number of benzene rings is 1. The summed E-state index contributed by atoms with van der Waals surface area (Å²) in [5.41, 5.74) is 0. The zero-order chi connectivity index (χ0) is 13.2. The van der Waals surface area contributed by atoms with Crippen molar-refractivity contribution in [2.75, 3.05) is 6.54 Å². The Morgan fingerprint density at radius 2 is 2.05 bits per heavy atom. The van der Waals surface area contributed by atoms with Gasteiger partial charge in [0.25, 0.3) is 0 Å². The minimum Gasteiger partial charge on any atom is -0.280 e. The summed E-state index contributed by atoms with van der Waals surface area (Å²) >= 11 is 0. The van der Waals surface area contributed by atoms with Crippen LogP contribution in [0.1, 0.15) is 12.8 Å². The van der Waals surface area contributed by atoms with Crippen LogP contribution in [0.3, 0.4) is 0 Å². The van der Waals surface area contributed by atoms with Gasteiger partial charge in [-0.2, -0.15) is 42.8 Å². The minimum absolute atomic E-state index is 0. The monoisotopic (exact) mass is 293 g/mol. The number of hydrogen-bond acceptors (Lipinski definition) is 2. The molecule has 0 aliphatic carbocycles. The summed E-state index contributed by atoms with van der Waals surface area (Å²) in [5, 5.41) is 1.16. The van der Waals surface area contributed by atoms with Crippen LogP contribution in [0.15, 0.2) is 33.5 Å². The van der Waals surface area contributed by atoms with Crippen LogP contribution < -0.4 is 37.7 Å². The van der Waals surface area contributed by atoms with Crippen molar-refractivity contribution in [1.82, 2.24) is 0 Å². The summed E-state index contributed by atoms with van der Waals surface area (Å²) in [4.78, 5) is 0.776. The molecule has 100 valence electrons. The molecule has 0 fully saturated rings. The van der Waals surface area contributed by atoms with Crippen LogP contribution in [0.5, 0.6) is 0 Å². The molecule has 2 rings (SSSR count). The van der Waals surface area contributed by atoms with E-state index in [4.69, 9.17) is 0 Å². The summed E-state index contributed by atoms with van der Waals surface area (Å²) in [7, 11) is -3.58. The van der Waals surface area contributed by atoms with Crippen molar-refractivity contribution in [3.63, 3.8) is 0 Å². The first-order valence-corrected chi connectivity index (χ1v) is 11.7. The van der Waals surface area contributed by atoms with Gasteiger partial charge in [0.2, 0.25) is 0 Å². The first-order chi connectivity index (χ1) is 8.42. The quantitative estimate of drug-likeness (QED) is 0.468. The maximum atomic E-state index is 13.2. The van der Waals surface area contributed by atoms with Gasteiger partial charge in [-0.25, -0.2) is 5.25 Å². The molecule has 1 heterocycles. The largest absolute Gasteiger partial charge is 1.00 e. The van der Waals surface area contributed by atoms with E-state index in [1.165, 1.54) is 0 Å². The smallest absolute Gasteiger partial charge is 0.280 e. The third kappa shape index (κ3) is 5.09. The normalized spacial score (nSPS) is 23.1. The van der Waals surface area contributed by atoms with Crippen molar-refractivity contribution >= 4 is 17.8 Å². The van der Waals surface area contributed by atoms with E-state index >= 15 is 0 Å². The van der Waals surface area contributed by atoms with Gasteiger partial charge in [0.15, 0.2) is 0 Å². The Bertz CT molecular complexity index is 522. The van der Waals surface area contributed by atoms with Gasteiger partial charge in [-0.05, 0) is 0 Å². The van der Waals surface area contributed by atoms with Crippen molar-refractivity contribution in [2.24, 2.45) is 4.36 Å². The van der Waals surface area contributed by atoms with Crippen molar-refractivity contribution in [3.05, 3.63) is 35.6 Å². The summed E-state index contributed by atoms with van der Waals surface area (Å²) in [5.74, 6) is 0. The molecule has 1 atom stereocenters. The van der Waals surface area contributed by atoms with E-state index in [1.807, 2.05) is 24.3 Å². The van der Waals surface area contributed by atoms with Crippen LogP contribution in [-0.4, -0.2) is 18.8 Å². The van der Waals surface area contributed by atoms with Crippen LogP contribution in [-0.2, 0) is 9.73 Å². The molecule has 0 spiro atoms. The molecular weight excluding hydrogens is 272 g/mol. The van der Waals surface area contributed by atoms with Gasteiger partial charge < -0.3 is 0 Å². The van der Waals surface area contributed by atoms with Gasteiger partial charge in [-0.3, -0.25) is 8.57 Å². The van der Waals surface area contributed by atoms with Crippen LogP contribution >= 0.6 is 0 Å². The average molecular weight is 293 g/mol. The molecule has 0 N–H and O–H groups in total. The Morgan fingerprint density at radius 1 is 1.35 bits per heavy atom. The zero-order valence-electron chi connectivity index (χ0n) is 13.4. The molecule has 0 unspecified atom stereocenters. The molecule has 1 aliphatic heterocycles. The molecule has 0 saturated heterocycles. The Labute approximate surface area is 149 Å². The molecule has 1 aromatic carbocycles. The van der Waals surface area contributed by atoms with Gasteiger partial charge in [-0.1, -0.05) is 40.7 Å². The van der Waals surface area contributed by atoms with E-state index in [1.54, 1.807) is 0 Å². The Hall–Kier alpha value is 0.582. The predicted molar refractivity (Wildman–Crippen MR) is 79.6 cm³/mol. The van der Waals surface area contributed by atoms with Gasteiger partial charge >= 0.3 is 37.7 Å². The van der Waals surface area contributed by atoms with E-state index in [0.717, 1.165) is 35.6 Å². The SMILES string of the molecule is C[Si](C)(C)C[C-]1CCCN=[S@]1(=O)c1[c-]cccc1.[Li+].[Li+]. The standard InChI is InChI=1S/C14H21NOSSi.2Li/c1-18(2,3)12-14-10-7-11-15-17(14,16)13-8-5-4-6-9-13;;/h4-6,8H,7,10-12H2,1-3H3;;/q-2;2*+1/t17-;;/m0../s1. The first-order valence-electron chi connectivity index (χ1n) is 6.46. The summed E-state index contributed by atoms with van der Waals surface area (Å²) in [6, 6.07) is 11.7. The Kier molecular flexibility index (Phi) is 8.52. The van der Waals surface area contributed by atoms with Crippen molar-refractivity contribution in [3.8, 4) is 0 Å². The Morgan fingerprint density at radius 3 is 2.60 bits per heavy atom. The topological polar surface area (TPSA) is 29.4 Å². The maximum Gasteiger partial charge on any atom is 1.00 e. The van der Waals surface area contributed by atoms with E-state index in [9.17, 15) is 4.21 Å². The van der Waals surface area contributed by atoms with Crippen LogP contribution in [0, 0.1) is 11.3 Å². The number of nitrogens with zero attached hydrogens (tertiary/aromatic N) is 1. The zero-order valence-corrected chi connectivity index (χ0v) is 15.2. The third-order valence-corrected chi connectivity index (χ3v) is 7.26. The van der Waals surface area contributed by atoms with Gasteiger partial charge in [0.05, 0.1) is 0 Å². The average Bonchev–Trinajstić information content (AvgIpc) is 2.32. The molecule has 0 radical (unpaired) electrons. The third-order valence-electron chi connectivity index (χ3n) is 2.98. The Balaban J connectivity index is 0.00000180. The molecule has 1 aromatic rings. The molecule has 2 nitrogen and oxygen atoms in total. The van der Waals surface area contributed by atoms with Crippen LogP contribution in [0.2, 0.25) is 25.7 Å². The summed E-state index contributed by atoms with van der Waals surface area (Å²) in [6.07, 6.45) is 2.01. The fraction of sp³-hybridized carbons (Fsp3) is 0.500. The van der Waals surface area contributed by atoms with Crippen LogP contribution in [0.4, 0.5) is 0 Å². The fourth-order valence-corrected chi connectivity index (χ4v) is 7.62. The number of hydrogen-bond donors (Lipinski definition) is 0. The fourth-order valence-electron chi connectivity index (χ4n) is 2.25. The molecular formula is C14H21Li2NOSSi. The van der Waals surface area contributed by atoms with E-state index in [2.05, 4.69) is 30.1 Å². The molecule has 0 saturated carbocycles. The van der Waals surface area contributed by atoms with E-state index in [-0.39, 0.29) is 37.7 Å². The molecule has 0 bridgehead atoms. The number of rotatable bonds is 3. The van der Waals surface area contributed by atoms with Crippen molar-refractivity contribution in [1.29, 1.82) is 0 Å². The molecule has 1 aliphatic rings. The van der Waals surface area contributed by atoms with E-state index in [0.29, 0.717) is 0 Å². The van der Waals surface area contributed by atoms with Gasteiger partial charge in [0.1, 0.15) is 0 Å². The van der Waals surface area contributed by atoms with Gasteiger partial charge in [0, 0.05) is 14.6 Å². The second-order valence-corrected chi connectivity index (χ2v) is 13.8. The second-order valence-electron chi connectivity index (χ2n) is 5.99. The van der Waals surface area contributed by atoms with Gasteiger partial charge in [-0.15, -0.1) is 0 Å². The summed E-state index contributed by atoms with van der Waals surface area (Å²) < 4.78 is 17.7. The summed E-state index contributed by atoms with van der Waals surface area (Å²) in [6.45, 7) is 7.69. The van der Waals surface area contributed by atoms with E-state index < -0.39 is 17.8 Å². The second kappa shape index (κ2) is 8.28. The van der Waals surface area contributed by atoms with Crippen molar-refractivity contribution in [2.45, 2.75) is 43.4 Å². The molecule has 0 amide bonds. The minimum atomic E-state index is -2.32.